The Morgan fingerprint density at radius 1 is 1.65 bits per heavy atom. The van der Waals surface area contributed by atoms with Gasteiger partial charge in [0.2, 0.25) is 5.88 Å². The highest BCUT2D eigenvalue weighted by Crippen LogP contribution is 2.22. The van der Waals surface area contributed by atoms with Crippen LogP contribution in [0.2, 0.25) is 0 Å². The van der Waals surface area contributed by atoms with E-state index in [-0.39, 0.29) is 11.6 Å². The average molecular weight is 237 g/mol. The van der Waals surface area contributed by atoms with E-state index < -0.39 is 4.92 Å². The second-order valence-corrected chi connectivity index (χ2v) is 3.26. The molecule has 0 bridgehead atoms. The van der Waals surface area contributed by atoms with Crippen molar-refractivity contribution in [3.8, 4) is 5.88 Å². The molecule has 6 nitrogen and oxygen atoms in total. The second-order valence-electron chi connectivity index (χ2n) is 3.26. The van der Waals surface area contributed by atoms with E-state index in [2.05, 4.69) is 16.9 Å². The number of nitrogens with zero attached hydrogens (tertiary/aromatic N) is 2. The summed E-state index contributed by atoms with van der Waals surface area (Å²) in [7, 11) is 0. The van der Waals surface area contributed by atoms with Gasteiger partial charge < -0.3 is 10.1 Å². The molecule has 1 aromatic heterocycles. The number of hydrogen-bond acceptors (Lipinski definition) is 5. The van der Waals surface area contributed by atoms with Crippen LogP contribution in [-0.4, -0.2) is 23.1 Å². The number of ether oxygens (including phenoxy) is 1. The summed E-state index contributed by atoms with van der Waals surface area (Å²) in [5.74, 6) is 0.687. The van der Waals surface area contributed by atoms with Gasteiger partial charge >= 0.3 is 0 Å². The zero-order chi connectivity index (χ0) is 12.7. The van der Waals surface area contributed by atoms with Crippen molar-refractivity contribution in [1.82, 2.24) is 4.98 Å². The van der Waals surface area contributed by atoms with Gasteiger partial charge in [-0.05, 0) is 13.3 Å². The molecule has 0 aromatic carbocycles. The van der Waals surface area contributed by atoms with Crippen molar-refractivity contribution in [2.45, 2.75) is 13.3 Å². The molecule has 6 heteroatoms. The van der Waals surface area contributed by atoms with Crippen molar-refractivity contribution in [3.05, 3.63) is 34.9 Å². The van der Waals surface area contributed by atoms with Crippen molar-refractivity contribution in [2.24, 2.45) is 0 Å². The van der Waals surface area contributed by atoms with Crippen LogP contribution in [-0.2, 0) is 0 Å². The van der Waals surface area contributed by atoms with Crippen LogP contribution in [0.5, 0.6) is 5.88 Å². The van der Waals surface area contributed by atoms with Crippen LogP contribution < -0.4 is 10.1 Å². The van der Waals surface area contributed by atoms with Crippen LogP contribution in [0.3, 0.4) is 0 Å². The van der Waals surface area contributed by atoms with Crippen LogP contribution in [0.15, 0.2) is 24.8 Å². The van der Waals surface area contributed by atoms with Gasteiger partial charge in [-0.25, -0.2) is 0 Å². The molecule has 0 atom stereocenters. The van der Waals surface area contributed by atoms with Gasteiger partial charge in [0.25, 0.3) is 5.69 Å². The van der Waals surface area contributed by atoms with E-state index >= 15 is 0 Å². The largest absolute Gasteiger partial charge is 0.477 e. The molecule has 0 aliphatic rings. The smallest absolute Gasteiger partial charge is 0.278 e. The molecule has 1 N–H and O–H groups in total. The maximum absolute atomic E-state index is 10.7. The molecule has 0 saturated heterocycles. The quantitative estimate of drug-likeness (QED) is 0.341. The van der Waals surface area contributed by atoms with Gasteiger partial charge in [0.1, 0.15) is 5.82 Å². The summed E-state index contributed by atoms with van der Waals surface area (Å²) >= 11 is 0. The molecule has 0 saturated carbocycles. The number of anilines is 1. The van der Waals surface area contributed by atoms with Gasteiger partial charge in [-0.1, -0.05) is 6.08 Å². The molecule has 0 spiro atoms. The van der Waals surface area contributed by atoms with Crippen LogP contribution in [0, 0.1) is 10.1 Å². The number of rotatable bonds is 7. The zero-order valence-corrected chi connectivity index (χ0v) is 9.68. The Labute approximate surface area is 99.5 Å². The van der Waals surface area contributed by atoms with Gasteiger partial charge in [-0.15, -0.1) is 6.58 Å². The van der Waals surface area contributed by atoms with Gasteiger partial charge in [-0.3, -0.25) is 10.1 Å². The van der Waals surface area contributed by atoms with Crippen molar-refractivity contribution in [2.75, 3.05) is 18.5 Å². The minimum absolute atomic E-state index is 0.0375. The van der Waals surface area contributed by atoms with Crippen molar-refractivity contribution < 1.29 is 9.66 Å². The molecule has 0 radical (unpaired) electrons. The van der Waals surface area contributed by atoms with Crippen LogP contribution >= 0.6 is 0 Å². The highest BCUT2D eigenvalue weighted by molar-refractivity contribution is 5.48. The number of nitro groups is 1. The molecule has 1 heterocycles. The lowest BCUT2D eigenvalue weighted by Crippen LogP contribution is -2.04. The lowest BCUT2D eigenvalue weighted by Gasteiger charge is -2.07. The van der Waals surface area contributed by atoms with E-state index in [0.717, 1.165) is 0 Å². The fourth-order valence-corrected chi connectivity index (χ4v) is 1.19. The minimum Gasteiger partial charge on any atom is -0.477 e. The molecule has 1 rings (SSSR count). The van der Waals surface area contributed by atoms with E-state index in [1.165, 1.54) is 12.1 Å². The Bertz CT molecular complexity index is 407. The van der Waals surface area contributed by atoms with Crippen molar-refractivity contribution in [3.63, 3.8) is 0 Å². The number of nitrogens with one attached hydrogen (secondary N) is 1. The highest BCUT2D eigenvalue weighted by Gasteiger charge is 2.11. The molecule has 17 heavy (non-hydrogen) atoms. The first-order chi connectivity index (χ1) is 8.17. The molecule has 0 fully saturated rings. The Morgan fingerprint density at radius 3 is 3.00 bits per heavy atom. The highest BCUT2D eigenvalue weighted by atomic mass is 16.6. The molecule has 1 aromatic rings. The number of pyridine rings is 1. The fraction of sp³-hybridized carbons (Fsp3) is 0.364. The van der Waals surface area contributed by atoms with Gasteiger partial charge in [0, 0.05) is 6.54 Å². The SMILES string of the molecule is C=CCCOc1cc([N+](=O)[O-])cc(NCC)n1. The third-order valence-corrected chi connectivity index (χ3v) is 1.93. The maximum atomic E-state index is 10.7. The van der Waals surface area contributed by atoms with Gasteiger partial charge in [-0.2, -0.15) is 4.98 Å². The Kier molecular flexibility index (Phi) is 4.93. The first kappa shape index (κ1) is 13.0. The van der Waals surface area contributed by atoms with Crippen molar-refractivity contribution >= 4 is 11.5 Å². The number of aromatic nitrogens is 1. The van der Waals surface area contributed by atoms with E-state index in [0.29, 0.717) is 25.4 Å². The predicted octanol–water partition coefficient (Wildman–Crippen LogP) is 2.38. The van der Waals surface area contributed by atoms with Crippen molar-refractivity contribution in [1.29, 1.82) is 0 Å². The lowest BCUT2D eigenvalue weighted by atomic mass is 10.4. The third-order valence-electron chi connectivity index (χ3n) is 1.93. The van der Waals surface area contributed by atoms with Crippen LogP contribution in [0.1, 0.15) is 13.3 Å². The Balaban J connectivity index is 2.86. The minimum atomic E-state index is -0.469. The first-order valence-corrected chi connectivity index (χ1v) is 5.31. The first-order valence-electron chi connectivity index (χ1n) is 5.31. The monoisotopic (exact) mass is 237 g/mol. The summed E-state index contributed by atoms with van der Waals surface area (Å²) < 4.78 is 5.30. The molecular formula is C11H15N3O3. The zero-order valence-electron chi connectivity index (χ0n) is 9.68. The molecule has 0 amide bonds. The summed E-state index contributed by atoms with van der Waals surface area (Å²) in [6.07, 6.45) is 2.38. The van der Waals surface area contributed by atoms with E-state index in [4.69, 9.17) is 4.74 Å². The average Bonchev–Trinajstić information content (AvgIpc) is 2.29. The van der Waals surface area contributed by atoms with Crippen LogP contribution in [0.25, 0.3) is 0 Å². The van der Waals surface area contributed by atoms with E-state index in [9.17, 15) is 10.1 Å². The Hall–Kier alpha value is -2.11. The Morgan fingerprint density at radius 2 is 2.41 bits per heavy atom. The second kappa shape index (κ2) is 6.47. The molecule has 0 unspecified atom stereocenters. The molecule has 0 aliphatic carbocycles. The predicted molar refractivity (Wildman–Crippen MR) is 65.4 cm³/mol. The van der Waals surface area contributed by atoms with E-state index in [1.54, 1.807) is 6.08 Å². The standard InChI is InChI=1S/C11H15N3O3/c1-3-5-6-17-11-8-9(14(15)16)7-10(13-11)12-4-2/h3,7-8H,1,4-6H2,2H3,(H,12,13). The van der Waals surface area contributed by atoms with Gasteiger partial charge in [0.05, 0.1) is 23.7 Å². The third kappa shape index (κ3) is 4.10. The van der Waals surface area contributed by atoms with Gasteiger partial charge in [0.15, 0.2) is 0 Å². The summed E-state index contributed by atoms with van der Waals surface area (Å²) in [6.45, 7) is 6.50. The lowest BCUT2D eigenvalue weighted by molar-refractivity contribution is -0.384. The summed E-state index contributed by atoms with van der Waals surface area (Å²) in [5.41, 5.74) is -0.0375. The molecule has 92 valence electrons. The number of hydrogen-bond donors (Lipinski definition) is 1. The maximum Gasteiger partial charge on any atom is 0.278 e. The normalized spacial score (nSPS) is 9.71. The summed E-state index contributed by atoms with van der Waals surface area (Å²) in [5, 5.41) is 13.6. The van der Waals surface area contributed by atoms with E-state index in [1.807, 2.05) is 6.92 Å². The summed E-state index contributed by atoms with van der Waals surface area (Å²) in [6, 6.07) is 2.69. The topological polar surface area (TPSA) is 77.3 Å². The van der Waals surface area contributed by atoms with Crippen LogP contribution in [0.4, 0.5) is 11.5 Å². The fourth-order valence-electron chi connectivity index (χ4n) is 1.19. The molecule has 0 aliphatic heterocycles. The summed E-state index contributed by atoms with van der Waals surface area (Å²) in [4.78, 5) is 14.4. The molecular weight excluding hydrogens is 222 g/mol.